The molecule has 1 amide bonds. The maximum atomic E-state index is 12.6. The van der Waals surface area contributed by atoms with Gasteiger partial charge in [-0.1, -0.05) is 0 Å². The highest BCUT2D eigenvalue weighted by Crippen LogP contribution is 2.26. The average molecular weight is 322 g/mol. The van der Waals surface area contributed by atoms with Crippen LogP contribution in [0.1, 0.15) is 23.2 Å². The van der Waals surface area contributed by atoms with E-state index in [1.165, 1.54) is 11.3 Å². The maximum Gasteiger partial charge on any atom is 0.273 e. The van der Waals surface area contributed by atoms with Gasteiger partial charge in [0.1, 0.15) is 11.5 Å². The fourth-order valence-corrected chi connectivity index (χ4v) is 3.15. The Morgan fingerprint density at radius 2 is 2.36 bits per heavy atom. The van der Waals surface area contributed by atoms with Crippen LogP contribution in [0.2, 0.25) is 0 Å². The molecule has 2 unspecified atom stereocenters. The third-order valence-electron chi connectivity index (χ3n) is 3.64. The van der Waals surface area contributed by atoms with Crippen molar-refractivity contribution < 1.29 is 19.1 Å². The molecule has 2 aromatic rings. The molecule has 0 radical (unpaired) electrons. The molecule has 1 fully saturated rings. The lowest BCUT2D eigenvalue weighted by Gasteiger charge is -2.37. The predicted molar refractivity (Wildman–Crippen MR) is 81.9 cm³/mol. The minimum atomic E-state index is -0.328. The van der Waals surface area contributed by atoms with E-state index >= 15 is 0 Å². The van der Waals surface area contributed by atoms with Gasteiger partial charge in [-0.3, -0.25) is 4.79 Å². The van der Waals surface area contributed by atoms with Crippen LogP contribution in [0.5, 0.6) is 0 Å². The van der Waals surface area contributed by atoms with Crippen LogP contribution in [-0.2, 0) is 4.74 Å². The molecule has 0 spiro atoms. The van der Waals surface area contributed by atoms with E-state index in [2.05, 4.69) is 4.98 Å². The Hall–Kier alpha value is -1.70. The lowest BCUT2D eigenvalue weighted by molar-refractivity contribution is -0.0668. The van der Waals surface area contributed by atoms with E-state index in [1.807, 2.05) is 26.0 Å². The summed E-state index contributed by atoms with van der Waals surface area (Å²) in [5.41, 5.74) is 0.402. The normalized spacial score (nSPS) is 22.0. The Labute approximate surface area is 132 Å². The molecular formula is C15H18N2O4S. The number of aliphatic hydroxyl groups excluding tert-OH is 1. The molecule has 6 nitrogen and oxygen atoms in total. The molecule has 22 heavy (non-hydrogen) atoms. The van der Waals surface area contributed by atoms with Gasteiger partial charge in [0, 0.05) is 11.9 Å². The highest BCUT2D eigenvalue weighted by molar-refractivity contribution is 7.13. The number of thiazole rings is 1. The summed E-state index contributed by atoms with van der Waals surface area (Å²) in [6, 6.07) is 3.68. The topological polar surface area (TPSA) is 75.8 Å². The molecule has 118 valence electrons. The predicted octanol–water partition coefficient (Wildman–Crippen LogP) is 1.93. The van der Waals surface area contributed by atoms with Crippen LogP contribution < -0.4 is 0 Å². The third-order valence-corrected chi connectivity index (χ3v) is 4.50. The van der Waals surface area contributed by atoms with Gasteiger partial charge in [-0.25, -0.2) is 4.98 Å². The zero-order chi connectivity index (χ0) is 15.7. The van der Waals surface area contributed by atoms with Crippen molar-refractivity contribution in [1.29, 1.82) is 0 Å². The van der Waals surface area contributed by atoms with E-state index < -0.39 is 0 Å². The first kappa shape index (κ1) is 15.2. The third kappa shape index (κ3) is 2.92. The van der Waals surface area contributed by atoms with Gasteiger partial charge in [-0.2, -0.15) is 0 Å². The number of aryl methyl sites for hydroxylation is 1. The molecule has 3 heterocycles. The summed E-state index contributed by atoms with van der Waals surface area (Å²) in [4.78, 5) is 18.7. The lowest BCUT2D eigenvalue weighted by Crippen LogP contribution is -2.52. The van der Waals surface area contributed by atoms with Crippen molar-refractivity contribution in [3.63, 3.8) is 0 Å². The fraction of sp³-hybridized carbons (Fsp3) is 0.467. The summed E-state index contributed by atoms with van der Waals surface area (Å²) < 4.78 is 11.0. The minimum Gasteiger partial charge on any atom is -0.459 e. The molecule has 0 saturated carbocycles. The number of hydrogen-bond acceptors (Lipinski definition) is 6. The van der Waals surface area contributed by atoms with Crippen molar-refractivity contribution >= 4 is 17.2 Å². The van der Waals surface area contributed by atoms with Crippen molar-refractivity contribution in [2.45, 2.75) is 26.0 Å². The molecule has 7 heteroatoms. The van der Waals surface area contributed by atoms with Gasteiger partial charge in [-0.05, 0) is 26.0 Å². The summed E-state index contributed by atoms with van der Waals surface area (Å²) in [6.07, 6.45) is -0.328. The standard InChI is InChI=1S/C15H18N2O4S/c1-9-7-20-11(6-18)5-17(9)15(19)12-8-22-14(16-12)13-4-3-10(2)21-13/h3-4,8-9,11,18H,5-7H2,1-2H3. The molecular weight excluding hydrogens is 304 g/mol. The molecule has 0 aliphatic carbocycles. The van der Waals surface area contributed by atoms with Gasteiger partial charge in [0.15, 0.2) is 10.8 Å². The van der Waals surface area contributed by atoms with E-state index in [-0.39, 0.29) is 24.7 Å². The number of ether oxygens (including phenoxy) is 1. The SMILES string of the molecule is Cc1ccc(-c2nc(C(=O)N3CC(CO)OCC3C)cs2)o1. The second kappa shape index (κ2) is 6.20. The van der Waals surface area contributed by atoms with E-state index in [0.717, 1.165) is 5.76 Å². The maximum absolute atomic E-state index is 12.6. The van der Waals surface area contributed by atoms with Crippen LogP contribution in [-0.4, -0.2) is 52.8 Å². The van der Waals surface area contributed by atoms with Crippen LogP contribution in [0.25, 0.3) is 10.8 Å². The van der Waals surface area contributed by atoms with Crippen molar-refractivity contribution in [2.24, 2.45) is 0 Å². The van der Waals surface area contributed by atoms with E-state index in [0.29, 0.717) is 29.6 Å². The van der Waals surface area contributed by atoms with Crippen molar-refractivity contribution in [3.8, 4) is 10.8 Å². The molecule has 1 N–H and O–H groups in total. The van der Waals surface area contributed by atoms with Gasteiger partial charge < -0.3 is 19.2 Å². The quantitative estimate of drug-likeness (QED) is 0.934. The van der Waals surface area contributed by atoms with Crippen molar-refractivity contribution in [3.05, 3.63) is 29.0 Å². The van der Waals surface area contributed by atoms with Crippen LogP contribution in [0.3, 0.4) is 0 Å². The molecule has 2 aromatic heterocycles. The summed E-state index contributed by atoms with van der Waals surface area (Å²) >= 11 is 1.38. The van der Waals surface area contributed by atoms with E-state index in [4.69, 9.17) is 9.15 Å². The van der Waals surface area contributed by atoms with Crippen LogP contribution >= 0.6 is 11.3 Å². The Morgan fingerprint density at radius 3 is 3.05 bits per heavy atom. The number of furan rings is 1. The van der Waals surface area contributed by atoms with Gasteiger partial charge in [0.25, 0.3) is 5.91 Å². The first-order valence-electron chi connectivity index (χ1n) is 7.14. The minimum absolute atomic E-state index is 0.0358. The van der Waals surface area contributed by atoms with E-state index in [9.17, 15) is 9.90 Å². The number of amides is 1. The van der Waals surface area contributed by atoms with Crippen molar-refractivity contribution in [1.82, 2.24) is 9.88 Å². The number of hydrogen-bond donors (Lipinski definition) is 1. The van der Waals surface area contributed by atoms with Gasteiger partial charge in [0.2, 0.25) is 0 Å². The molecule has 1 saturated heterocycles. The van der Waals surface area contributed by atoms with Gasteiger partial charge >= 0.3 is 0 Å². The number of carbonyl (C=O) groups is 1. The number of aromatic nitrogens is 1. The van der Waals surface area contributed by atoms with Crippen LogP contribution in [0, 0.1) is 6.92 Å². The number of carbonyl (C=O) groups excluding carboxylic acids is 1. The fourth-order valence-electron chi connectivity index (χ4n) is 2.39. The zero-order valence-corrected chi connectivity index (χ0v) is 13.3. The molecule has 1 aliphatic rings. The molecule has 1 aliphatic heterocycles. The van der Waals surface area contributed by atoms with Gasteiger partial charge in [0.05, 0.1) is 25.4 Å². The summed E-state index contributed by atoms with van der Waals surface area (Å²) in [6.45, 7) is 4.50. The first-order chi connectivity index (χ1) is 10.6. The number of rotatable bonds is 3. The summed E-state index contributed by atoms with van der Waals surface area (Å²) in [5, 5.41) is 11.6. The molecule has 3 rings (SSSR count). The van der Waals surface area contributed by atoms with Crippen LogP contribution in [0.15, 0.2) is 21.9 Å². The highest BCUT2D eigenvalue weighted by atomic mass is 32.1. The summed E-state index contributed by atoms with van der Waals surface area (Å²) in [5.74, 6) is 1.34. The highest BCUT2D eigenvalue weighted by Gasteiger charge is 2.31. The Bertz CT molecular complexity index is 666. The zero-order valence-electron chi connectivity index (χ0n) is 12.5. The lowest BCUT2D eigenvalue weighted by atomic mass is 10.2. The Kier molecular flexibility index (Phi) is 4.28. The second-order valence-electron chi connectivity index (χ2n) is 5.39. The monoisotopic (exact) mass is 322 g/mol. The number of aliphatic hydroxyl groups is 1. The Balaban J connectivity index is 1.78. The Morgan fingerprint density at radius 1 is 1.55 bits per heavy atom. The summed E-state index contributed by atoms with van der Waals surface area (Å²) in [7, 11) is 0. The number of morpholine rings is 1. The average Bonchev–Trinajstić information content (AvgIpc) is 3.16. The van der Waals surface area contributed by atoms with E-state index in [1.54, 1.807) is 10.3 Å². The molecule has 0 bridgehead atoms. The second-order valence-corrected chi connectivity index (χ2v) is 6.25. The molecule has 2 atom stereocenters. The largest absolute Gasteiger partial charge is 0.459 e. The smallest absolute Gasteiger partial charge is 0.273 e. The first-order valence-corrected chi connectivity index (χ1v) is 8.02. The molecule has 0 aromatic carbocycles. The van der Waals surface area contributed by atoms with Crippen LogP contribution in [0.4, 0.5) is 0 Å². The number of nitrogens with zero attached hydrogens (tertiary/aromatic N) is 2. The van der Waals surface area contributed by atoms with Gasteiger partial charge in [-0.15, -0.1) is 11.3 Å². The van der Waals surface area contributed by atoms with Crippen molar-refractivity contribution in [2.75, 3.05) is 19.8 Å².